The second kappa shape index (κ2) is 6.84. The molecule has 0 spiro atoms. The van der Waals surface area contributed by atoms with E-state index in [1.165, 1.54) is 11.3 Å². The Morgan fingerprint density at radius 3 is 2.50 bits per heavy atom. The van der Waals surface area contributed by atoms with Crippen LogP contribution in [0, 0.1) is 6.92 Å². The van der Waals surface area contributed by atoms with Crippen LogP contribution in [0.4, 0.5) is 0 Å². The van der Waals surface area contributed by atoms with Crippen molar-refractivity contribution < 1.29 is 0 Å². The van der Waals surface area contributed by atoms with Gasteiger partial charge in [0.2, 0.25) is 0 Å². The van der Waals surface area contributed by atoms with Crippen molar-refractivity contribution in [2.24, 2.45) is 0 Å². The summed E-state index contributed by atoms with van der Waals surface area (Å²) in [6.07, 6.45) is 5.29. The van der Waals surface area contributed by atoms with E-state index in [0.29, 0.717) is 11.2 Å². The molecule has 3 nitrogen and oxygen atoms in total. The Hall–Kier alpha value is -1.42. The summed E-state index contributed by atoms with van der Waals surface area (Å²) in [5.74, 6) is 1.43. The molecule has 1 atom stereocenters. The molecular weight excluding hydrogens is 266 g/mol. The predicted octanol–water partition coefficient (Wildman–Crippen LogP) is 4.30. The largest absolute Gasteiger partial charge is 0.261 e. The van der Waals surface area contributed by atoms with E-state index in [4.69, 9.17) is 0 Å². The molecular formula is C16H21N3S. The first kappa shape index (κ1) is 15.0. The monoisotopic (exact) mass is 287 g/mol. The second-order valence-electron chi connectivity index (χ2n) is 5.22. The molecule has 0 aliphatic heterocycles. The number of nitrogens with zero attached hydrogens (tertiary/aromatic N) is 3. The number of pyridine rings is 1. The van der Waals surface area contributed by atoms with E-state index in [2.05, 4.69) is 54.8 Å². The Bertz CT molecular complexity index is 555. The van der Waals surface area contributed by atoms with Crippen LogP contribution in [0.5, 0.6) is 0 Å². The highest BCUT2D eigenvalue weighted by Crippen LogP contribution is 2.30. The van der Waals surface area contributed by atoms with E-state index in [1.54, 1.807) is 12.4 Å². The highest BCUT2D eigenvalue weighted by atomic mass is 32.2. The number of rotatable bonds is 5. The molecule has 2 aromatic heterocycles. The van der Waals surface area contributed by atoms with Crippen molar-refractivity contribution in [1.29, 1.82) is 0 Å². The summed E-state index contributed by atoms with van der Waals surface area (Å²) in [6.45, 7) is 8.60. The highest BCUT2D eigenvalue weighted by molar-refractivity contribution is 7.98. The number of thioether (sulfide) groups is 1. The van der Waals surface area contributed by atoms with Gasteiger partial charge in [-0.3, -0.25) is 15.0 Å². The fraction of sp³-hybridized carbons (Fsp3) is 0.438. The van der Waals surface area contributed by atoms with Crippen molar-refractivity contribution in [2.75, 3.05) is 0 Å². The molecule has 0 aromatic carbocycles. The summed E-state index contributed by atoms with van der Waals surface area (Å²) in [6, 6.07) is 4.34. The molecule has 0 amide bonds. The van der Waals surface area contributed by atoms with E-state index < -0.39 is 0 Å². The molecule has 1 unspecified atom stereocenters. The van der Waals surface area contributed by atoms with Crippen molar-refractivity contribution in [3.63, 3.8) is 0 Å². The molecule has 2 rings (SSSR count). The number of hydrogen-bond acceptors (Lipinski definition) is 4. The second-order valence-corrected chi connectivity index (χ2v) is 6.55. The molecule has 0 bridgehead atoms. The van der Waals surface area contributed by atoms with Crippen molar-refractivity contribution in [1.82, 2.24) is 15.0 Å². The van der Waals surface area contributed by atoms with Crippen molar-refractivity contribution in [3.8, 4) is 0 Å². The molecule has 2 heterocycles. The van der Waals surface area contributed by atoms with E-state index >= 15 is 0 Å². The lowest BCUT2D eigenvalue weighted by atomic mass is 10.1. The van der Waals surface area contributed by atoms with Crippen LogP contribution in [0.25, 0.3) is 0 Å². The molecule has 20 heavy (non-hydrogen) atoms. The van der Waals surface area contributed by atoms with Gasteiger partial charge in [0.05, 0.1) is 5.69 Å². The lowest BCUT2D eigenvalue weighted by molar-refractivity contribution is 0.812. The van der Waals surface area contributed by atoms with Crippen LogP contribution >= 0.6 is 11.8 Å². The van der Waals surface area contributed by atoms with Gasteiger partial charge in [-0.05, 0) is 31.4 Å². The zero-order valence-electron chi connectivity index (χ0n) is 12.5. The minimum absolute atomic E-state index is 0.341. The first-order chi connectivity index (χ1) is 9.58. The SMILES string of the molecule is Cc1nc(C(C)C)ccc1CSC(C)c1cnccn1. The molecule has 0 fully saturated rings. The van der Waals surface area contributed by atoms with Crippen LogP contribution in [0.15, 0.2) is 30.7 Å². The molecule has 2 aromatic rings. The Balaban J connectivity index is 2.01. The van der Waals surface area contributed by atoms with Gasteiger partial charge in [-0.15, -0.1) is 11.8 Å². The minimum atomic E-state index is 0.341. The zero-order valence-corrected chi connectivity index (χ0v) is 13.3. The van der Waals surface area contributed by atoms with E-state index in [9.17, 15) is 0 Å². The molecule has 0 saturated carbocycles. The van der Waals surface area contributed by atoms with E-state index in [1.807, 2.05) is 18.0 Å². The standard InChI is InChI=1S/C16H21N3S/c1-11(2)15-6-5-14(12(3)19-15)10-20-13(4)16-9-17-7-8-18-16/h5-9,11,13H,10H2,1-4H3. The van der Waals surface area contributed by atoms with Crippen molar-refractivity contribution >= 4 is 11.8 Å². The third-order valence-electron chi connectivity index (χ3n) is 3.30. The van der Waals surface area contributed by atoms with Gasteiger partial charge in [-0.1, -0.05) is 19.9 Å². The van der Waals surface area contributed by atoms with E-state index in [0.717, 1.165) is 17.1 Å². The molecule has 0 saturated heterocycles. The maximum atomic E-state index is 4.68. The highest BCUT2D eigenvalue weighted by Gasteiger charge is 2.10. The van der Waals surface area contributed by atoms with Crippen LogP contribution in [0.3, 0.4) is 0 Å². The van der Waals surface area contributed by atoms with Crippen LogP contribution in [-0.2, 0) is 5.75 Å². The Morgan fingerprint density at radius 2 is 1.90 bits per heavy atom. The van der Waals surface area contributed by atoms with Crippen molar-refractivity contribution in [2.45, 2.75) is 44.6 Å². The summed E-state index contributed by atoms with van der Waals surface area (Å²) < 4.78 is 0. The minimum Gasteiger partial charge on any atom is -0.261 e. The number of aromatic nitrogens is 3. The van der Waals surface area contributed by atoms with Gasteiger partial charge in [0.25, 0.3) is 0 Å². The predicted molar refractivity (Wildman–Crippen MR) is 84.8 cm³/mol. The Labute approximate surface area is 125 Å². The fourth-order valence-corrected chi connectivity index (χ4v) is 2.93. The summed E-state index contributed by atoms with van der Waals surface area (Å²) in [7, 11) is 0. The average Bonchev–Trinajstić information content (AvgIpc) is 2.46. The van der Waals surface area contributed by atoms with E-state index in [-0.39, 0.29) is 0 Å². The topological polar surface area (TPSA) is 38.7 Å². The zero-order chi connectivity index (χ0) is 14.5. The van der Waals surface area contributed by atoms with Gasteiger partial charge in [-0.2, -0.15) is 0 Å². The van der Waals surface area contributed by atoms with Gasteiger partial charge < -0.3 is 0 Å². The number of aryl methyl sites for hydroxylation is 1. The number of hydrogen-bond donors (Lipinski definition) is 0. The average molecular weight is 287 g/mol. The van der Waals surface area contributed by atoms with Gasteiger partial charge in [0.1, 0.15) is 0 Å². The lowest BCUT2D eigenvalue weighted by Gasteiger charge is -2.13. The molecule has 4 heteroatoms. The summed E-state index contributed by atoms with van der Waals surface area (Å²) in [5.41, 5.74) is 4.63. The summed E-state index contributed by atoms with van der Waals surface area (Å²) >= 11 is 1.87. The molecule has 0 radical (unpaired) electrons. The smallest absolute Gasteiger partial charge is 0.0713 e. The lowest BCUT2D eigenvalue weighted by Crippen LogP contribution is -1.99. The van der Waals surface area contributed by atoms with Gasteiger partial charge in [0, 0.05) is 41.0 Å². The first-order valence-electron chi connectivity index (χ1n) is 6.92. The quantitative estimate of drug-likeness (QED) is 0.822. The Morgan fingerprint density at radius 1 is 1.10 bits per heavy atom. The molecule has 0 aliphatic rings. The third kappa shape index (κ3) is 3.79. The van der Waals surface area contributed by atoms with Crippen LogP contribution < -0.4 is 0 Å². The summed E-state index contributed by atoms with van der Waals surface area (Å²) in [4.78, 5) is 13.2. The normalized spacial score (nSPS) is 12.7. The van der Waals surface area contributed by atoms with Gasteiger partial charge >= 0.3 is 0 Å². The third-order valence-corrected chi connectivity index (χ3v) is 4.52. The van der Waals surface area contributed by atoms with Gasteiger partial charge in [-0.25, -0.2) is 0 Å². The van der Waals surface area contributed by atoms with Gasteiger partial charge in [0.15, 0.2) is 0 Å². The van der Waals surface area contributed by atoms with Crippen LogP contribution in [0.1, 0.15) is 54.6 Å². The molecule has 106 valence electrons. The molecule has 0 aliphatic carbocycles. The van der Waals surface area contributed by atoms with Crippen LogP contribution in [-0.4, -0.2) is 15.0 Å². The van der Waals surface area contributed by atoms with Crippen molar-refractivity contribution in [3.05, 3.63) is 53.4 Å². The maximum Gasteiger partial charge on any atom is 0.0713 e. The van der Waals surface area contributed by atoms with Crippen LogP contribution in [0.2, 0.25) is 0 Å². The Kier molecular flexibility index (Phi) is 5.12. The molecule has 0 N–H and O–H groups in total. The maximum absolute atomic E-state index is 4.68. The summed E-state index contributed by atoms with van der Waals surface area (Å²) in [5, 5.41) is 0.341. The fourth-order valence-electron chi connectivity index (χ4n) is 1.90. The first-order valence-corrected chi connectivity index (χ1v) is 7.96.